The molecule has 2 fully saturated rings. The second-order valence-electron chi connectivity index (χ2n) is 8.50. The van der Waals surface area contributed by atoms with Crippen molar-refractivity contribution in [2.75, 3.05) is 51.3 Å². The van der Waals surface area contributed by atoms with E-state index >= 15 is 0 Å². The fourth-order valence-electron chi connectivity index (χ4n) is 4.57. The number of para-hydroxylation sites is 1. The summed E-state index contributed by atoms with van der Waals surface area (Å²) in [4.78, 5) is 17.6. The zero-order chi connectivity index (χ0) is 22.7. The number of amides is 1. The van der Waals surface area contributed by atoms with Crippen LogP contribution in [0.4, 0.5) is 5.69 Å². The number of benzene rings is 2. The van der Waals surface area contributed by atoms with E-state index < -0.39 is 10.0 Å². The van der Waals surface area contributed by atoms with Gasteiger partial charge in [0.2, 0.25) is 15.9 Å². The second-order valence-corrected chi connectivity index (χ2v) is 10.4. The summed E-state index contributed by atoms with van der Waals surface area (Å²) in [6, 6.07) is 15.4. The maximum atomic E-state index is 13.4. The largest absolute Gasteiger partial charge is 0.495 e. The van der Waals surface area contributed by atoms with Gasteiger partial charge in [-0.2, -0.15) is 4.31 Å². The molecule has 0 aromatic heterocycles. The first-order chi connectivity index (χ1) is 15.4. The minimum Gasteiger partial charge on any atom is -0.495 e. The number of sulfonamides is 1. The SMILES string of the molecule is COc1ccc(C)cc1S(=O)(=O)N1CCC[C@H](C(=O)N2CCN(c3ccccc3)CC2)C1. The summed E-state index contributed by atoms with van der Waals surface area (Å²) in [6.45, 7) is 5.37. The minimum atomic E-state index is -3.74. The molecule has 2 heterocycles. The monoisotopic (exact) mass is 457 g/mol. The van der Waals surface area contributed by atoms with Gasteiger partial charge in [-0.3, -0.25) is 4.79 Å². The van der Waals surface area contributed by atoms with Gasteiger partial charge in [-0.25, -0.2) is 8.42 Å². The van der Waals surface area contributed by atoms with Crippen LogP contribution in [0.3, 0.4) is 0 Å². The maximum Gasteiger partial charge on any atom is 0.246 e. The Labute approximate surface area is 190 Å². The highest BCUT2D eigenvalue weighted by atomic mass is 32.2. The molecule has 0 radical (unpaired) electrons. The third-order valence-corrected chi connectivity index (χ3v) is 8.27. The number of carbonyl (C=O) groups is 1. The van der Waals surface area contributed by atoms with Crippen LogP contribution in [0, 0.1) is 12.8 Å². The fourth-order valence-corrected chi connectivity index (χ4v) is 6.33. The number of carbonyl (C=O) groups excluding carboxylic acids is 1. The Morgan fingerprint density at radius 3 is 2.41 bits per heavy atom. The highest BCUT2D eigenvalue weighted by Crippen LogP contribution is 2.31. The second kappa shape index (κ2) is 9.50. The molecule has 2 aromatic rings. The Hall–Kier alpha value is -2.58. The summed E-state index contributed by atoms with van der Waals surface area (Å²) in [5.74, 6) is 0.0903. The quantitative estimate of drug-likeness (QED) is 0.691. The Morgan fingerprint density at radius 1 is 1.00 bits per heavy atom. The van der Waals surface area contributed by atoms with Crippen LogP contribution in [0.5, 0.6) is 5.75 Å². The fraction of sp³-hybridized carbons (Fsp3) is 0.458. The van der Waals surface area contributed by atoms with Crippen LogP contribution in [0.1, 0.15) is 18.4 Å². The van der Waals surface area contributed by atoms with Crippen molar-refractivity contribution in [2.45, 2.75) is 24.7 Å². The Balaban J connectivity index is 1.43. The van der Waals surface area contributed by atoms with Crippen molar-refractivity contribution in [2.24, 2.45) is 5.92 Å². The normalized spacial score (nSPS) is 20.2. The van der Waals surface area contributed by atoms with Gasteiger partial charge in [0.1, 0.15) is 10.6 Å². The van der Waals surface area contributed by atoms with E-state index in [9.17, 15) is 13.2 Å². The van der Waals surface area contributed by atoms with Crippen LogP contribution in [-0.2, 0) is 14.8 Å². The molecule has 0 spiro atoms. The average Bonchev–Trinajstić information content (AvgIpc) is 2.84. The molecule has 1 amide bonds. The zero-order valence-corrected chi connectivity index (χ0v) is 19.6. The lowest BCUT2D eigenvalue weighted by Crippen LogP contribution is -2.53. The number of methoxy groups -OCH3 is 1. The van der Waals surface area contributed by atoms with Gasteiger partial charge in [0.15, 0.2) is 0 Å². The first-order valence-corrected chi connectivity index (χ1v) is 12.6. The van der Waals surface area contributed by atoms with Gasteiger partial charge in [0.25, 0.3) is 0 Å². The van der Waals surface area contributed by atoms with Crippen LogP contribution in [0.15, 0.2) is 53.4 Å². The van der Waals surface area contributed by atoms with Crippen LogP contribution in [0.2, 0.25) is 0 Å². The molecule has 2 aliphatic rings. The molecular formula is C24H31N3O4S. The van der Waals surface area contributed by atoms with Crippen molar-refractivity contribution in [1.29, 1.82) is 0 Å². The molecular weight excluding hydrogens is 426 g/mol. The van der Waals surface area contributed by atoms with E-state index in [1.165, 1.54) is 17.1 Å². The van der Waals surface area contributed by atoms with Gasteiger partial charge in [0, 0.05) is 45.0 Å². The van der Waals surface area contributed by atoms with Crippen LogP contribution in [0.25, 0.3) is 0 Å². The smallest absolute Gasteiger partial charge is 0.246 e. The number of ether oxygens (including phenoxy) is 1. The number of piperazine rings is 1. The minimum absolute atomic E-state index is 0.0637. The van der Waals surface area contributed by atoms with E-state index in [1.54, 1.807) is 12.1 Å². The molecule has 0 saturated carbocycles. The number of rotatable bonds is 5. The van der Waals surface area contributed by atoms with Crippen LogP contribution in [-0.4, -0.2) is 69.9 Å². The van der Waals surface area contributed by atoms with E-state index in [4.69, 9.17) is 4.74 Å². The van der Waals surface area contributed by atoms with Crippen molar-refractivity contribution >= 4 is 21.6 Å². The van der Waals surface area contributed by atoms with Gasteiger partial charge in [0.05, 0.1) is 13.0 Å². The van der Waals surface area contributed by atoms with Crippen LogP contribution >= 0.6 is 0 Å². The van der Waals surface area contributed by atoms with Gasteiger partial charge in [-0.1, -0.05) is 24.3 Å². The van der Waals surface area contributed by atoms with Crippen molar-refractivity contribution < 1.29 is 17.9 Å². The molecule has 0 bridgehead atoms. The van der Waals surface area contributed by atoms with Crippen molar-refractivity contribution in [3.8, 4) is 5.75 Å². The van der Waals surface area contributed by atoms with Crippen LogP contribution < -0.4 is 9.64 Å². The Kier molecular flexibility index (Phi) is 6.71. The molecule has 32 heavy (non-hydrogen) atoms. The zero-order valence-electron chi connectivity index (χ0n) is 18.7. The first-order valence-electron chi connectivity index (χ1n) is 11.1. The number of anilines is 1. The lowest BCUT2D eigenvalue weighted by molar-refractivity contribution is -0.137. The number of aryl methyl sites for hydroxylation is 1. The van der Waals surface area contributed by atoms with E-state index in [0.29, 0.717) is 38.2 Å². The summed E-state index contributed by atoms with van der Waals surface area (Å²) in [5.41, 5.74) is 2.02. The third kappa shape index (κ3) is 4.61. The van der Waals surface area contributed by atoms with Crippen molar-refractivity contribution in [1.82, 2.24) is 9.21 Å². The molecule has 172 valence electrons. The molecule has 4 rings (SSSR count). The van der Waals surface area contributed by atoms with Gasteiger partial charge >= 0.3 is 0 Å². The van der Waals surface area contributed by atoms with Crippen molar-refractivity contribution in [3.05, 3.63) is 54.1 Å². The highest BCUT2D eigenvalue weighted by molar-refractivity contribution is 7.89. The topological polar surface area (TPSA) is 70.2 Å². The molecule has 2 aliphatic heterocycles. The Bertz CT molecular complexity index is 1050. The van der Waals surface area contributed by atoms with E-state index in [2.05, 4.69) is 17.0 Å². The summed E-state index contributed by atoms with van der Waals surface area (Å²) >= 11 is 0. The molecule has 2 aromatic carbocycles. The molecule has 0 aliphatic carbocycles. The predicted octanol–water partition coefficient (Wildman–Crippen LogP) is 2.75. The number of hydrogen-bond donors (Lipinski definition) is 0. The maximum absolute atomic E-state index is 13.4. The summed E-state index contributed by atoms with van der Waals surface area (Å²) in [6.07, 6.45) is 1.39. The standard InChI is InChI=1S/C24H31N3O4S/c1-19-10-11-22(31-2)23(17-19)32(29,30)27-12-6-7-20(18-27)24(28)26-15-13-25(14-16-26)21-8-4-3-5-9-21/h3-5,8-11,17,20H,6-7,12-16,18H2,1-2H3/t20-/m0/s1. The summed E-state index contributed by atoms with van der Waals surface area (Å²) in [5, 5.41) is 0. The highest BCUT2D eigenvalue weighted by Gasteiger charge is 2.37. The molecule has 2 saturated heterocycles. The predicted molar refractivity (Wildman–Crippen MR) is 124 cm³/mol. The Morgan fingerprint density at radius 2 is 1.72 bits per heavy atom. The average molecular weight is 458 g/mol. The first kappa shape index (κ1) is 22.6. The number of nitrogens with zero attached hydrogens (tertiary/aromatic N) is 3. The lowest BCUT2D eigenvalue weighted by Gasteiger charge is -2.39. The van der Waals surface area contributed by atoms with E-state index in [-0.39, 0.29) is 23.3 Å². The van der Waals surface area contributed by atoms with E-state index in [0.717, 1.165) is 18.7 Å². The summed E-state index contributed by atoms with van der Waals surface area (Å²) < 4.78 is 33.5. The molecule has 7 nitrogen and oxygen atoms in total. The van der Waals surface area contributed by atoms with Gasteiger partial charge < -0.3 is 14.5 Å². The van der Waals surface area contributed by atoms with Gasteiger partial charge in [-0.05, 0) is 49.6 Å². The number of hydrogen-bond acceptors (Lipinski definition) is 5. The van der Waals surface area contributed by atoms with Gasteiger partial charge in [-0.15, -0.1) is 0 Å². The molecule has 0 unspecified atom stereocenters. The summed E-state index contributed by atoms with van der Waals surface area (Å²) in [7, 11) is -2.27. The van der Waals surface area contributed by atoms with Crippen molar-refractivity contribution in [3.63, 3.8) is 0 Å². The third-order valence-electron chi connectivity index (χ3n) is 6.38. The molecule has 1 atom stereocenters. The molecule has 8 heteroatoms. The van der Waals surface area contributed by atoms with E-state index in [1.807, 2.05) is 36.1 Å². The molecule has 0 N–H and O–H groups in total. The lowest BCUT2D eigenvalue weighted by atomic mass is 9.97. The number of piperidine rings is 1.